The van der Waals surface area contributed by atoms with Gasteiger partial charge in [0.1, 0.15) is 0 Å². The Bertz CT molecular complexity index is 80.5. The molecule has 0 atom stereocenters. The highest BCUT2D eigenvalue weighted by Crippen LogP contribution is 1.95. The molecule has 1 heterocycles. The summed E-state index contributed by atoms with van der Waals surface area (Å²) >= 11 is 4.67. The van der Waals surface area contributed by atoms with Crippen molar-refractivity contribution in [3.8, 4) is 0 Å². The molecule has 0 aromatic heterocycles. The maximum atomic E-state index is 5.07. The van der Waals surface area contributed by atoms with Gasteiger partial charge in [-0.05, 0) is 5.37 Å². The summed E-state index contributed by atoms with van der Waals surface area (Å²) in [6.45, 7) is 3.54. The molecule has 1 fully saturated rings. The standard InChI is InChI=1S/C5H9NOS/c8-4-2-6-1-3-7-5-6/h4H,1-3,5H2. The summed E-state index contributed by atoms with van der Waals surface area (Å²) in [5.74, 6) is 0. The van der Waals surface area contributed by atoms with Crippen molar-refractivity contribution < 1.29 is 4.74 Å². The molecule has 0 amide bonds. The third-order valence-corrected chi connectivity index (χ3v) is 1.31. The Balaban J connectivity index is 2.14. The van der Waals surface area contributed by atoms with E-state index in [-0.39, 0.29) is 0 Å². The summed E-state index contributed by atoms with van der Waals surface area (Å²) in [6.07, 6.45) is 0. The van der Waals surface area contributed by atoms with E-state index in [1.54, 1.807) is 5.37 Å². The normalized spacial score (nSPS) is 21.5. The number of ether oxygens (including phenoxy) is 1. The lowest BCUT2D eigenvalue weighted by Crippen LogP contribution is -2.21. The van der Waals surface area contributed by atoms with Crippen LogP contribution in [-0.4, -0.2) is 36.7 Å². The van der Waals surface area contributed by atoms with Gasteiger partial charge in [0.2, 0.25) is 0 Å². The molecule has 1 aliphatic rings. The first-order valence-electron chi connectivity index (χ1n) is 2.67. The van der Waals surface area contributed by atoms with E-state index in [9.17, 15) is 0 Å². The van der Waals surface area contributed by atoms with Crippen LogP contribution in [0.1, 0.15) is 0 Å². The smallest absolute Gasteiger partial charge is 0.0994 e. The SMILES string of the molecule is S=CCN1CCOC1. The second-order valence-corrected chi connectivity index (χ2v) is 2.11. The quantitative estimate of drug-likeness (QED) is 0.499. The van der Waals surface area contributed by atoms with Crippen LogP contribution < -0.4 is 0 Å². The van der Waals surface area contributed by atoms with E-state index in [4.69, 9.17) is 4.74 Å². The number of hydrogen-bond acceptors (Lipinski definition) is 3. The van der Waals surface area contributed by atoms with Gasteiger partial charge in [0.05, 0.1) is 13.3 Å². The zero-order valence-corrected chi connectivity index (χ0v) is 5.49. The Labute approximate surface area is 54.4 Å². The first-order valence-corrected chi connectivity index (χ1v) is 3.14. The number of nitrogens with zero attached hydrogens (tertiary/aromatic N) is 1. The molecule has 0 aromatic rings. The minimum Gasteiger partial charge on any atom is -0.365 e. The predicted molar refractivity (Wildman–Crippen MR) is 36.0 cm³/mol. The van der Waals surface area contributed by atoms with E-state index >= 15 is 0 Å². The van der Waals surface area contributed by atoms with Crippen molar-refractivity contribution in [2.45, 2.75) is 0 Å². The topological polar surface area (TPSA) is 12.5 Å². The second-order valence-electron chi connectivity index (χ2n) is 1.78. The first kappa shape index (κ1) is 6.13. The van der Waals surface area contributed by atoms with Gasteiger partial charge in [-0.25, -0.2) is 0 Å². The van der Waals surface area contributed by atoms with Crippen LogP contribution in [0.5, 0.6) is 0 Å². The van der Waals surface area contributed by atoms with Crippen LogP contribution in [-0.2, 0) is 4.74 Å². The van der Waals surface area contributed by atoms with E-state index < -0.39 is 0 Å². The minimum absolute atomic E-state index is 0.757. The molecule has 1 aliphatic heterocycles. The molecule has 3 heteroatoms. The van der Waals surface area contributed by atoms with Crippen LogP contribution in [0.3, 0.4) is 0 Å². The summed E-state index contributed by atoms with van der Waals surface area (Å²) in [4.78, 5) is 2.16. The Kier molecular flexibility index (Phi) is 2.39. The van der Waals surface area contributed by atoms with Gasteiger partial charge in [0.25, 0.3) is 0 Å². The Morgan fingerprint density at radius 3 is 3.12 bits per heavy atom. The molecule has 0 saturated carbocycles. The van der Waals surface area contributed by atoms with Crippen molar-refractivity contribution >= 4 is 17.6 Å². The van der Waals surface area contributed by atoms with Crippen molar-refractivity contribution in [3.63, 3.8) is 0 Å². The summed E-state index contributed by atoms with van der Waals surface area (Å²) in [6, 6.07) is 0. The maximum absolute atomic E-state index is 5.07. The van der Waals surface area contributed by atoms with Crippen LogP contribution in [0.25, 0.3) is 0 Å². The fraction of sp³-hybridized carbons (Fsp3) is 0.800. The van der Waals surface area contributed by atoms with Crippen LogP contribution in [0, 0.1) is 0 Å². The number of hydrogen-bond donors (Lipinski definition) is 0. The second kappa shape index (κ2) is 3.12. The molecule has 0 bridgehead atoms. The van der Waals surface area contributed by atoms with Crippen molar-refractivity contribution in [1.82, 2.24) is 4.90 Å². The molecule has 0 N–H and O–H groups in total. The van der Waals surface area contributed by atoms with Gasteiger partial charge < -0.3 is 4.74 Å². The highest BCUT2D eigenvalue weighted by molar-refractivity contribution is 7.79. The summed E-state index contributed by atoms with van der Waals surface area (Å²) in [5.41, 5.74) is 0. The van der Waals surface area contributed by atoms with Gasteiger partial charge >= 0.3 is 0 Å². The van der Waals surface area contributed by atoms with E-state index in [2.05, 4.69) is 17.1 Å². The molecule has 46 valence electrons. The Morgan fingerprint density at radius 1 is 1.75 bits per heavy atom. The zero-order valence-electron chi connectivity index (χ0n) is 4.67. The van der Waals surface area contributed by atoms with Crippen LogP contribution in [0.4, 0.5) is 0 Å². The molecule has 0 spiro atoms. The van der Waals surface area contributed by atoms with Gasteiger partial charge in [0.15, 0.2) is 0 Å². The molecule has 1 saturated heterocycles. The van der Waals surface area contributed by atoms with Crippen LogP contribution in [0.15, 0.2) is 0 Å². The van der Waals surface area contributed by atoms with Gasteiger partial charge in [0, 0.05) is 13.1 Å². The van der Waals surface area contributed by atoms with Gasteiger partial charge in [-0.3, -0.25) is 4.90 Å². The molecule has 0 radical (unpaired) electrons. The number of rotatable bonds is 2. The average molecular weight is 131 g/mol. The molecule has 0 unspecified atom stereocenters. The van der Waals surface area contributed by atoms with Crippen molar-refractivity contribution in [3.05, 3.63) is 0 Å². The maximum Gasteiger partial charge on any atom is 0.0994 e. The Morgan fingerprint density at radius 2 is 2.62 bits per heavy atom. The van der Waals surface area contributed by atoms with Crippen molar-refractivity contribution in [1.29, 1.82) is 0 Å². The lowest BCUT2D eigenvalue weighted by Gasteiger charge is -2.06. The fourth-order valence-corrected chi connectivity index (χ4v) is 0.912. The van der Waals surface area contributed by atoms with Crippen molar-refractivity contribution in [2.75, 3.05) is 26.4 Å². The van der Waals surface area contributed by atoms with Crippen LogP contribution in [0.2, 0.25) is 0 Å². The largest absolute Gasteiger partial charge is 0.365 e. The van der Waals surface area contributed by atoms with Crippen molar-refractivity contribution in [2.24, 2.45) is 0 Å². The molecule has 0 aromatic carbocycles. The monoisotopic (exact) mass is 131 g/mol. The first-order chi connectivity index (χ1) is 3.93. The lowest BCUT2D eigenvalue weighted by molar-refractivity contribution is 0.149. The third kappa shape index (κ3) is 1.51. The van der Waals surface area contributed by atoms with Crippen LogP contribution >= 0.6 is 12.2 Å². The lowest BCUT2D eigenvalue weighted by atomic mass is 10.6. The molecule has 8 heavy (non-hydrogen) atoms. The van der Waals surface area contributed by atoms with Gasteiger partial charge in [-0.1, -0.05) is 12.2 Å². The Hall–Kier alpha value is 0.0100. The van der Waals surface area contributed by atoms with Gasteiger partial charge in [-0.15, -0.1) is 0 Å². The summed E-state index contributed by atoms with van der Waals surface area (Å²) in [5, 5.41) is 1.73. The average Bonchev–Trinajstić information content (AvgIpc) is 2.19. The summed E-state index contributed by atoms with van der Waals surface area (Å²) in [7, 11) is 0. The van der Waals surface area contributed by atoms with E-state index in [0.29, 0.717) is 0 Å². The molecule has 2 nitrogen and oxygen atoms in total. The highest BCUT2D eigenvalue weighted by Gasteiger charge is 2.08. The molecular formula is C5H9NOS. The molecule has 0 aliphatic carbocycles. The van der Waals surface area contributed by atoms with E-state index in [1.165, 1.54) is 0 Å². The molecule has 1 rings (SSSR count). The highest BCUT2D eigenvalue weighted by atomic mass is 32.1. The number of thiocarbonyl (C=S) groups is 1. The third-order valence-electron chi connectivity index (χ3n) is 1.16. The molecular weight excluding hydrogens is 122 g/mol. The van der Waals surface area contributed by atoms with E-state index in [1.807, 2.05) is 0 Å². The summed E-state index contributed by atoms with van der Waals surface area (Å²) < 4.78 is 5.07. The predicted octanol–water partition coefficient (Wildman–Crippen LogP) is 0.276. The minimum atomic E-state index is 0.757. The van der Waals surface area contributed by atoms with E-state index in [0.717, 1.165) is 26.4 Å². The fourth-order valence-electron chi connectivity index (χ4n) is 0.701. The zero-order chi connectivity index (χ0) is 5.82. The van der Waals surface area contributed by atoms with Gasteiger partial charge in [-0.2, -0.15) is 0 Å².